The first-order chi connectivity index (χ1) is 15.4. The van der Waals surface area contributed by atoms with Crippen molar-refractivity contribution in [1.29, 1.82) is 0 Å². The number of ketones is 1. The number of carbonyl (C=O) groups excluding carboxylic acids is 3. The number of aryl methyl sites for hydroxylation is 1. The van der Waals surface area contributed by atoms with E-state index in [4.69, 9.17) is 4.74 Å². The van der Waals surface area contributed by atoms with Crippen molar-refractivity contribution in [2.24, 2.45) is 11.8 Å². The number of piperidine rings is 1. The van der Waals surface area contributed by atoms with Crippen LogP contribution in [0.25, 0.3) is 0 Å². The molecule has 4 rings (SSSR count). The first-order valence-corrected chi connectivity index (χ1v) is 10.9. The summed E-state index contributed by atoms with van der Waals surface area (Å²) in [6.07, 6.45) is 1.26. The van der Waals surface area contributed by atoms with Crippen LogP contribution in [0.4, 0.5) is 10.1 Å². The van der Waals surface area contributed by atoms with Gasteiger partial charge >= 0.3 is 0 Å². The summed E-state index contributed by atoms with van der Waals surface area (Å²) in [5, 5.41) is 0. The lowest BCUT2D eigenvalue weighted by atomic mass is 9.88. The number of benzene rings is 2. The van der Waals surface area contributed by atoms with E-state index in [0.29, 0.717) is 37.2 Å². The second-order valence-corrected chi connectivity index (χ2v) is 8.55. The minimum atomic E-state index is -0.489. The fourth-order valence-corrected chi connectivity index (χ4v) is 4.55. The van der Waals surface area contributed by atoms with Crippen LogP contribution in [0.2, 0.25) is 0 Å². The Labute approximate surface area is 187 Å². The Morgan fingerprint density at radius 3 is 2.34 bits per heavy atom. The summed E-state index contributed by atoms with van der Waals surface area (Å²) in [7, 11) is 1.58. The van der Waals surface area contributed by atoms with Crippen molar-refractivity contribution in [3.8, 4) is 5.75 Å². The van der Waals surface area contributed by atoms with Gasteiger partial charge in [0.15, 0.2) is 5.78 Å². The van der Waals surface area contributed by atoms with Gasteiger partial charge in [-0.05, 0) is 61.7 Å². The second kappa shape index (κ2) is 9.10. The van der Waals surface area contributed by atoms with Crippen molar-refractivity contribution in [3.63, 3.8) is 0 Å². The summed E-state index contributed by atoms with van der Waals surface area (Å²) in [5.41, 5.74) is 1.64. The number of nitrogens with zero attached hydrogens (tertiary/aromatic N) is 2. The van der Waals surface area contributed by atoms with E-state index in [-0.39, 0.29) is 42.2 Å². The summed E-state index contributed by atoms with van der Waals surface area (Å²) in [6.45, 7) is 2.93. The molecule has 6 nitrogen and oxygen atoms in total. The van der Waals surface area contributed by atoms with Crippen molar-refractivity contribution in [2.75, 3.05) is 31.6 Å². The molecule has 0 bridgehead atoms. The Kier molecular flexibility index (Phi) is 6.26. The predicted octanol–water partition coefficient (Wildman–Crippen LogP) is 3.62. The maximum atomic E-state index is 14.3. The van der Waals surface area contributed by atoms with Gasteiger partial charge in [-0.25, -0.2) is 4.39 Å². The van der Waals surface area contributed by atoms with E-state index in [1.54, 1.807) is 55.3 Å². The predicted molar refractivity (Wildman–Crippen MR) is 118 cm³/mol. The number of ether oxygens (including phenoxy) is 1. The summed E-state index contributed by atoms with van der Waals surface area (Å²) in [5.74, 6) is -0.624. The highest BCUT2D eigenvalue weighted by molar-refractivity contribution is 6.01. The molecule has 2 aromatic carbocycles. The molecule has 2 fully saturated rings. The average molecular weight is 438 g/mol. The van der Waals surface area contributed by atoms with Gasteiger partial charge in [0.2, 0.25) is 11.8 Å². The lowest BCUT2D eigenvalue weighted by Gasteiger charge is -2.33. The van der Waals surface area contributed by atoms with Crippen LogP contribution >= 0.6 is 0 Å². The highest BCUT2D eigenvalue weighted by Crippen LogP contribution is 2.30. The second-order valence-electron chi connectivity index (χ2n) is 8.55. The first-order valence-electron chi connectivity index (χ1n) is 10.9. The zero-order valence-corrected chi connectivity index (χ0v) is 18.3. The van der Waals surface area contributed by atoms with Crippen molar-refractivity contribution in [2.45, 2.75) is 26.2 Å². The van der Waals surface area contributed by atoms with Gasteiger partial charge in [-0.1, -0.05) is 6.07 Å². The highest BCUT2D eigenvalue weighted by atomic mass is 19.1. The SMILES string of the molecule is COc1ccc(C(=O)C2CCN(C(=O)C3CC(=O)N(c4ccc(C)cc4F)C3)CC2)cc1. The van der Waals surface area contributed by atoms with Crippen LogP contribution in [-0.4, -0.2) is 49.2 Å². The summed E-state index contributed by atoms with van der Waals surface area (Å²) in [4.78, 5) is 41.4. The third-order valence-corrected chi connectivity index (χ3v) is 6.42. The van der Waals surface area contributed by atoms with Crippen molar-refractivity contribution >= 4 is 23.3 Å². The lowest BCUT2D eigenvalue weighted by Crippen LogP contribution is -2.43. The van der Waals surface area contributed by atoms with Crippen molar-refractivity contribution in [1.82, 2.24) is 4.90 Å². The number of amides is 2. The largest absolute Gasteiger partial charge is 0.497 e. The van der Waals surface area contributed by atoms with Gasteiger partial charge in [-0.15, -0.1) is 0 Å². The van der Waals surface area contributed by atoms with Crippen LogP contribution in [0.1, 0.15) is 35.2 Å². The molecular formula is C25H27FN2O4. The number of rotatable bonds is 5. The topological polar surface area (TPSA) is 66.9 Å². The molecule has 2 aliphatic rings. The smallest absolute Gasteiger partial charge is 0.228 e. The van der Waals surface area contributed by atoms with Crippen LogP contribution in [0.5, 0.6) is 5.75 Å². The molecule has 2 amide bonds. The van der Waals surface area contributed by atoms with E-state index in [9.17, 15) is 18.8 Å². The Hall–Kier alpha value is -3.22. The maximum absolute atomic E-state index is 14.3. The number of anilines is 1. The standard InChI is InChI=1S/C25H27FN2O4/c1-16-3-8-22(21(26)13-16)28-15-19(14-23(28)29)25(31)27-11-9-18(10-12-27)24(30)17-4-6-20(32-2)7-5-17/h3-8,13,18-19H,9-12,14-15H2,1-2H3. The number of likely N-dealkylation sites (tertiary alicyclic amines) is 1. The Morgan fingerprint density at radius 2 is 1.72 bits per heavy atom. The summed E-state index contributed by atoms with van der Waals surface area (Å²) < 4.78 is 19.5. The van der Waals surface area contributed by atoms with Gasteiger partial charge in [-0.3, -0.25) is 14.4 Å². The molecule has 0 spiro atoms. The quantitative estimate of drug-likeness (QED) is 0.669. The monoisotopic (exact) mass is 438 g/mol. The number of hydrogen-bond acceptors (Lipinski definition) is 4. The fourth-order valence-electron chi connectivity index (χ4n) is 4.55. The normalized spacial score (nSPS) is 19.3. The molecule has 2 saturated heterocycles. The fraction of sp³-hybridized carbons (Fsp3) is 0.400. The van der Waals surface area contributed by atoms with Crippen molar-refractivity contribution in [3.05, 3.63) is 59.4 Å². The molecule has 0 aliphatic carbocycles. The molecule has 1 atom stereocenters. The van der Waals surface area contributed by atoms with E-state index in [2.05, 4.69) is 0 Å². The molecule has 168 valence electrons. The Balaban J connectivity index is 1.35. The maximum Gasteiger partial charge on any atom is 0.228 e. The van der Waals surface area contributed by atoms with Gasteiger partial charge < -0.3 is 14.5 Å². The van der Waals surface area contributed by atoms with E-state index in [1.165, 1.54) is 11.0 Å². The first kappa shape index (κ1) is 22.0. The van der Waals surface area contributed by atoms with Crippen LogP contribution in [0, 0.1) is 24.6 Å². The number of carbonyl (C=O) groups is 3. The van der Waals surface area contributed by atoms with E-state index >= 15 is 0 Å². The van der Waals surface area contributed by atoms with E-state index in [1.807, 2.05) is 0 Å². The third kappa shape index (κ3) is 4.38. The van der Waals surface area contributed by atoms with Gasteiger partial charge in [0.05, 0.1) is 18.7 Å². The van der Waals surface area contributed by atoms with Crippen LogP contribution < -0.4 is 9.64 Å². The molecule has 2 aliphatic heterocycles. The summed E-state index contributed by atoms with van der Waals surface area (Å²) >= 11 is 0. The number of methoxy groups -OCH3 is 1. The molecular weight excluding hydrogens is 411 g/mol. The van der Waals surface area contributed by atoms with Crippen LogP contribution in [-0.2, 0) is 9.59 Å². The third-order valence-electron chi connectivity index (χ3n) is 6.42. The van der Waals surface area contributed by atoms with Gasteiger partial charge in [0.1, 0.15) is 11.6 Å². The molecule has 0 saturated carbocycles. The average Bonchev–Trinajstić information content (AvgIpc) is 3.19. The summed E-state index contributed by atoms with van der Waals surface area (Å²) in [6, 6.07) is 11.8. The zero-order chi connectivity index (χ0) is 22.8. The molecule has 0 N–H and O–H groups in total. The van der Waals surface area contributed by atoms with Crippen LogP contribution in [0.15, 0.2) is 42.5 Å². The Bertz CT molecular complexity index is 1030. The van der Waals surface area contributed by atoms with Crippen LogP contribution in [0.3, 0.4) is 0 Å². The molecule has 2 heterocycles. The Morgan fingerprint density at radius 1 is 1.03 bits per heavy atom. The lowest BCUT2D eigenvalue weighted by molar-refractivity contribution is -0.137. The number of Topliss-reactive ketones (excluding diaryl/α,β-unsaturated/α-hetero) is 1. The minimum absolute atomic E-state index is 0.0802. The zero-order valence-electron chi connectivity index (χ0n) is 18.3. The molecule has 0 aromatic heterocycles. The highest BCUT2D eigenvalue weighted by Gasteiger charge is 2.39. The van der Waals surface area contributed by atoms with Crippen molar-refractivity contribution < 1.29 is 23.5 Å². The minimum Gasteiger partial charge on any atom is -0.497 e. The van der Waals surface area contributed by atoms with E-state index < -0.39 is 11.7 Å². The van der Waals surface area contributed by atoms with Gasteiger partial charge in [0, 0.05) is 37.5 Å². The van der Waals surface area contributed by atoms with Gasteiger partial charge in [-0.2, -0.15) is 0 Å². The molecule has 2 aromatic rings. The number of hydrogen-bond donors (Lipinski definition) is 0. The molecule has 0 radical (unpaired) electrons. The molecule has 32 heavy (non-hydrogen) atoms. The molecule has 7 heteroatoms. The molecule has 1 unspecified atom stereocenters. The number of halogens is 1. The van der Waals surface area contributed by atoms with E-state index in [0.717, 1.165) is 5.56 Å². The van der Waals surface area contributed by atoms with Gasteiger partial charge in [0.25, 0.3) is 0 Å².